The van der Waals surface area contributed by atoms with Gasteiger partial charge in [-0.2, -0.15) is 0 Å². The average Bonchev–Trinajstić information content (AvgIpc) is 2.55. The molecule has 2 amide bonds. The van der Waals surface area contributed by atoms with Crippen molar-refractivity contribution < 1.29 is 9.59 Å². The van der Waals surface area contributed by atoms with Crippen molar-refractivity contribution in [3.63, 3.8) is 0 Å². The van der Waals surface area contributed by atoms with Crippen molar-refractivity contribution in [3.05, 3.63) is 28.8 Å². The number of nitrogens with zero attached hydrogens (tertiary/aromatic N) is 1. The minimum atomic E-state index is -0.105. The third-order valence-electron chi connectivity index (χ3n) is 4.25. The van der Waals surface area contributed by atoms with E-state index in [0.717, 1.165) is 25.9 Å². The lowest BCUT2D eigenvalue weighted by atomic mass is 10.0. The molecule has 0 atom stereocenters. The largest absolute Gasteiger partial charge is 0.339 e. The Balaban J connectivity index is 0.00000312. The molecule has 140 valence electrons. The highest BCUT2D eigenvalue weighted by Gasteiger charge is 2.24. The first-order valence-corrected chi connectivity index (χ1v) is 8.83. The molecular weight excluding hydrogens is 361 g/mol. The summed E-state index contributed by atoms with van der Waals surface area (Å²) in [4.78, 5) is 26.5. The highest BCUT2D eigenvalue weighted by atomic mass is 35.5. The van der Waals surface area contributed by atoms with Crippen molar-refractivity contribution in [1.82, 2.24) is 10.2 Å². The Morgan fingerprint density at radius 2 is 1.96 bits per heavy atom. The zero-order valence-electron chi connectivity index (χ0n) is 15.0. The van der Waals surface area contributed by atoms with Crippen molar-refractivity contribution in [2.75, 3.05) is 25.5 Å². The maximum Gasteiger partial charge on any atom is 0.255 e. The van der Waals surface area contributed by atoms with Crippen LogP contribution in [0.2, 0.25) is 5.02 Å². The topological polar surface area (TPSA) is 61.4 Å². The summed E-state index contributed by atoms with van der Waals surface area (Å²) in [5.74, 6) is 0.119. The molecule has 1 aromatic carbocycles. The lowest BCUT2D eigenvalue weighted by Gasteiger charge is -2.32. The van der Waals surface area contributed by atoms with Crippen LogP contribution in [0, 0.1) is 5.92 Å². The Bertz CT molecular complexity index is 602. The molecule has 0 aliphatic carbocycles. The van der Waals surface area contributed by atoms with Crippen molar-refractivity contribution in [2.45, 2.75) is 39.2 Å². The molecule has 0 spiro atoms. The summed E-state index contributed by atoms with van der Waals surface area (Å²) in [6, 6.07) is 5.27. The second kappa shape index (κ2) is 10.00. The number of hydrogen-bond acceptors (Lipinski definition) is 3. The maximum absolute atomic E-state index is 12.8. The molecule has 7 heteroatoms. The highest BCUT2D eigenvalue weighted by molar-refractivity contribution is 6.34. The number of anilines is 1. The van der Waals surface area contributed by atoms with Gasteiger partial charge in [-0.1, -0.05) is 25.4 Å². The van der Waals surface area contributed by atoms with Crippen LogP contribution in [0.1, 0.15) is 43.5 Å². The monoisotopic (exact) mass is 387 g/mol. The molecule has 1 aliphatic heterocycles. The van der Waals surface area contributed by atoms with Gasteiger partial charge in [0.25, 0.3) is 5.91 Å². The Kier molecular flexibility index (Phi) is 8.69. The number of rotatable bonds is 5. The van der Waals surface area contributed by atoms with Gasteiger partial charge in [-0.15, -0.1) is 12.4 Å². The molecule has 2 N–H and O–H groups in total. The fraction of sp³-hybridized carbons (Fsp3) is 0.556. The van der Waals surface area contributed by atoms with Crippen molar-refractivity contribution in [1.29, 1.82) is 0 Å². The number of benzene rings is 1. The SMILES string of the molecule is CC(C)CC(=O)Nc1ccc(Cl)c(C(=O)N(C)C2CCNCC2)c1.Cl. The molecule has 25 heavy (non-hydrogen) atoms. The van der Waals surface area contributed by atoms with E-state index < -0.39 is 0 Å². The maximum atomic E-state index is 12.8. The van der Waals surface area contributed by atoms with Crippen LogP contribution in [0.15, 0.2) is 18.2 Å². The number of halogens is 2. The molecule has 1 aliphatic rings. The predicted octanol–water partition coefficient (Wildman–Crippen LogP) is 3.57. The van der Waals surface area contributed by atoms with Gasteiger partial charge in [0, 0.05) is 25.2 Å². The van der Waals surface area contributed by atoms with E-state index in [1.54, 1.807) is 23.1 Å². The van der Waals surface area contributed by atoms with E-state index in [9.17, 15) is 9.59 Å². The van der Waals surface area contributed by atoms with Gasteiger partial charge in [0.2, 0.25) is 5.91 Å². The summed E-state index contributed by atoms with van der Waals surface area (Å²) in [6.45, 7) is 5.82. The number of carbonyl (C=O) groups excluding carboxylic acids is 2. The van der Waals surface area contributed by atoms with E-state index >= 15 is 0 Å². The second-order valence-electron chi connectivity index (χ2n) is 6.74. The van der Waals surface area contributed by atoms with Gasteiger partial charge < -0.3 is 15.5 Å². The van der Waals surface area contributed by atoms with Gasteiger partial charge in [-0.05, 0) is 50.0 Å². The second-order valence-corrected chi connectivity index (χ2v) is 7.15. The van der Waals surface area contributed by atoms with Crippen LogP contribution in [0.4, 0.5) is 5.69 Å². The molecule has 1 fully saturated rings. The molecule has 0 unspecified atom stereocenters. The Morgan fingerprint density at radius 3 is 2.56 bits per heavy atom. The summed E-state index contributed by atoms with van der Waals surface area (Å²) in [5.41, 5.74) is 1.03. The van der Waals surface area contributed by atoms with Crippen molar-refractivity contribution in [2.24, 2.45) is 5.92 Å². The third-order valence-corrected chi connectivity index (χ3v) is 4.58. The number of hydrogen-bond donors (Lipinski definition) is 2. The standard InChI is InChI=1S/C18H26ClN3O2.ClH/c1-12(2)10-17(23)21-13-4-5-16(19)15(11-13)18(24)22(3)14-6-8-20-9-7-14;/h4-5,11-12,14,20H,6-10H2,1-3H3,(H,21,23);1H. The smallest absolute Gasteiger partial charge is 0.255 e. The number of nitrogens with one attached hydrogen (secondary N) is 2. The zero-order chi connectivity index (χ0) is 17.7. The lowest BCUT2D eigenvalue weighted by Crippen LogP contribution is -2.44. The predicted molar refractivity (Wildman–Crippen MR) is 105 cm³/mol. The van der Waals surface area contributed by atoms with Gasteiger partial charge in [0.1, 0.15) is 0 Å². The van der Waals surface area contributed by atoms with Crippen LogP contribution in [-0.4, -0.2) is 42.9 Å². The van der Waals surface area contributed by atoms with Crippen LogP contribution < -0.4 is 10.6 Å². The third kappa shape index (κ3) is 6.17. The van der Waals surface area contributed by atoms with E-state index in [0.29, 0.717) is 22.7 Å². The number of amides is 2. The van der Waals surface area contributed by atoms with E-state index in [1.165, 1.54) is 0 Å². The Morgan fingerprint density at radius 1 is 1.32 bits per heavy atom. The molecule has 0 bridgehead atoms. The van der Waals surface area contributed by atoms with Crippen molar-refractivity contribution >= 4 is 41.5 Å². The van der Waals surface area contributed by atoms with E-state index in [-0.39, 0.29) is 36.2 Å². The first-order chi connectivity index (χ1) is 11.4. The molecule has 2 rings (SSSR count). The lowest BCUT2D eigenvalue weighted by molar-refractivity contribution is -0.116. The van der Waals surface area contributed by atoms with E-state index in [4.69, 9.17) is 11.6 Å². The number of piperidine rings is 1. The Hall–Kier alpha value is -1.30. The summed E-state index contributed by atoms with van der Waals surface area (Å²) >= 11 is 6.22. The molecule has 1 heterocycles. The quantitative estimate of drug-likeness (QED) is 0.811. The minimum absolute atomic E-state index is 0. The van der Waals surface area contributed by atoms with E-state index in [1.807, 2.05) is 20.9 Å². The van der Waals surface area contributed by atoms with Gasteiger partial charge in [-0.3, -0.25) is 9.59 Å². The van der Waals surface area contributed by atoms with Gasteiger partial charge in [0.05, 0.1) is 10.6 Å². The summed E-state index contributed by atoms with van der Waals surface area (Å²) in [6.07, 6.45) is 2.32. The van der Waals surface area contributed by atoms with Crippen LogP contribution in [-0.2, 0) is 4.79 Å². The molecular formula is C18H27Cl2N3O2. The van der Waals surface area contributed by atoms with Gasteiger partial charge in [-0.25, -0.2) is 0 Å². The minimum Gasteiger partial charge on any atom is -0.339 e. The van der Waals surface area contributed by atoms with Gasteiger partial charge >= 0.3 is 0 Å². The molecule has 1 saturated heterocycles. The zero-order valence-corrected chi connectivity index (χ0v) is 16.5. The van der Waals surface area contributed by atoms with Gasteiger partial charge in [0.15, 0.2) is 0 Å². The van der Waals surface area contributed by atoms with Crippen LogP contribution >= 0.6 is 24.0 Å². The summed E-state index contributed by atoms with van der Waals surface area (Å²) in [7, 11) is 1.82. The van der Waals surface area contributed by atoms with Crippen molar-refractivity contribution in [3.8, 4) is 0 Å². The number of carbonyl (C=O) groups is 2. The van der Waals surface area contributed by atoms with E-state index in [2.05, 4.69) is 10.6 Å². The molecule has 0 aromatic heterocycles. The highest BCUT2D eigenvalue weighted by Crippen LogP contribution is 2.24. The molecule has 1 aromatic rings. The Labute approximate surface area is 160 Å². The molecule has 5 nitrogen and oxygen atoms in total. The van der Waals surface area contributed by atoms with Crippen LogP contribution in [0.25, 0.3) is 0 Å². The molecule has 0 saturated carbocycles. The first-order valence-electron chi connectivity index (χ1n) is 8.45. The molecule has 0 radical (unpaired) electrons. The summed E-state index contributed by atoms with van der Waals surface area (Å²) < 4.78 is 0. The fourth-order valence-corrected chi connectivity index (χ4v) is 3.10. The van der Waals surface area contributed by atoms with Crippen LogP contribution in [0.5, 0.6) is 0 Å². The normalized spacial score (nSPS) is 14.8. The average molecular weight is 388 g/mol. The van der Waals surface area contributed by atoms with Crippen LogP contribution in [0.3, 0.4) is 0 Å². The summed E-state index contributed by atoms with van der Waals surface area (Å²) in [5, 5.41) is 6.54. The fourth-order valence-electron chi connectivity index (χ4n) is 2.90. The first kappa shape index (κ1) is 21.7.